The minimum absolute atomic E-state index is 0.294. The topological polar surface area (TPSA) is 0 Å². The molecule has 2 aromatic rings. The van der Waals surface area contributed by atoms with Gasteiger partial charge >= 0.3 is 0 Å². The van der Waals surface area contributed by atoms with E-state index in [2.05, 4.69) is 0 Å². The fourth-order valence-electron chi connectivity index (χ4n) is 1.42. The molecule has 82 valence electrons. The van der Waals surface area contributed by atoms with E-state index in [4.69, 9.17) is 0 Å². The summed E-state index contributed by atoms with van der Waals surface area (Å²) in [6.07, 6.45) is 0. The van der Waals surface area contributed by atoms with Gasteiger partial charge in [0.1, 0.15) is 0 Å². The molecule has 0 unspecified atom stereocenters. The average molecular weight is 226 g/mol. The van der Waals surface area contributed by atoms with Gasteiger partial charge in [0.15, 0.2) is 23.3 Å². The summed E-state index contributed by atoms with van der Waals surface area (Å²) in [6.45, 7) is 0. The summed E-state index contributed by atoms with van der Waals surface area (Å²) in [5.74, 6) is -4.57. The quantitative estimate of drug-likeness (QED) is 0.646. The van der Waals surface area contributed by atoms with Gasteiger partial charge < -0.3 is 0 Å². The molecule has 0 spiro atoms. The molecule has 2 rings (SSSR count). The first-order chi connectivity index (χ1) is 7.61. The van der Waals surface area contributed by atoms with Gasteiger partial charge in [-0.3, -0.25) is 0 Å². The van der Waals surface area contributed by atoms with E-state index < -0.39 is 23.3 Å². The molecule has 0 aliphatic rings. The maximum atomic E-state index is 13.3. The van der Waals surface area contributed by atoms with Gasteiger partial charge in [-0.1, -0.05) is 24.3 Å². The first kappa shape index (κ1) is 10.7. The molecule has 0 bridgehead atoms. The summed E-state index contributed by atoms with van der Waals surface area (Å²) >= 11 is 0. The summed E-state index contributed by atoms with van der Waals surface area (Å²) in [4.78, 5) is 0. The Bertz CT molecular complexity index is 485. The van der Waals surface area contributed by atoms with E-state index in [0.717, 1.165) is 12.1 Å². The maximum absolute atomic E-state index is 13.3. The molecule has 0 saturated carbocycles. The second-order valence-corrected chi connectivity index (χ2v) is 3.20. The zero-order chi connectivity index (χ0) is 11.7. The van der Waals surface area contributed by atoms with Gasteiger partial charge in [0.25, 0.3) is 0 Å². The lowest BCUT2D eigenvalue weighted by Crippen LogP contribution is -1.94. The lowest BCUT2D eigenvalue weighted by Gasteiger charge is -2.05. The highest BCUT2D eigenvalue weighted by Gasteiger charge is 2.15. The third-order valence-electron chi connectivity index (χ3n) is 2.19. The lowest BCUT2D eigenvalue weighted by atomic mass is 10.0. The molecule has 0 radical (unpaired) electrons. The van der Waals surface area contributed by atoms with Crippen molar-refractivity contribution in [2.24, 2.45) is 0 Å². The largest absolute Gasteiger partial charge is 0.204 e. The van der Waals surface area contributed by atoms with Crippen molar-refractivity contribution >= 4 is 0 Å². The Kier molecular flexibility index (Phi) is 2.64. The number of rotatable bonds is 1. The Balaban J connectivity index is 2.68. The summed E-state index contributed by atoms with van der Waals surface area (Å²) in [6, 6.07) is 6.68. The van der Waals surface area contributed by atoms with E-state index in [-0.39, 0.29) is 11.1 Å². The molecule has 0 atom stereocenters. The van der Waals surface area contributed by atoms with Gasteiger partial charge in [-0.25, -0.2) is 17.6 Å². The SMILES string of the molecule is Fc1cccc(-c2cccc(F)c2F)c1F. The van der Waals surface area contributed by atoms with Crippen molar-refractivity contribution in [3.05, 3.63) is 59.7 Å². The molecule has 16 heavy (non-hydrogen) atoms. The third kappa shape index (κ3) is 1.66. The molecule has 0 nitrogen and oxygen atoms in total. The van der Waals surface area contributed by atoms with Crippen molar-refractivity contribution in [3.63, 3.8) is 0 Å². The summed E-state index contributed by atoms with van der Waals surface area (Å²) in [5, 5.41) is 0. The van der Waals surface area contributed by atoms with Gasteiger partial charge in [0.05, 0.1) is 0 Å². The van der Waals surface area contributed by atoms with Crippen LogP contribution >= 0.6 is 0 Å². The van der Waals surface area contributed by atoms with Crippen molar-refractivity contribution < 1.29 is 17.6 Å². The van der Waals surface area contributed by atoms with Crippen LogP contribution in [0.15, 0.2) is 36.4 Å². The first-order valence-electron chi connectivity index (χ1n) is 4.49. The molecular formula is C12H6F4. The minimum Gasteiger partial charge on any atom is -0.204 e. The highest BCUT2D eigenvalue weighted by Crippen LogP contribution is 2.27. The van der Waals surface area contributed by atoms with Crippen molar-refractivity contribution in [2.45, 2.75) is 0 Å². The summed E-state index contributed by atoms with van der Waals surface area (Å²) in [5.41, 5.74) is -0.589. The molecule has 4 heteroatoms. The van der Waals surface area contributed by atoms with E-state index in [1.807, 2.05) is 0 Å². The molecule has 0 amide bonds. The molecule has 0 aromatic heterocycles. The van der Waals surface area contributed by atoms with E-state index in [9.17, 15) is 17.6 Å². The standard InChI is InChI=1S/C12H6F4/c13-9-5-1-3-7(11(9)15)8-4-2-6-10(14)12(8)16/h1-6H. The van der Waals surface area contributed by atoms with Gasteiger partial charge in [0, 0.05) is 11.1 Å². The van der Waals surface area contributed by atoms with Gasteiger partial charge in [-0.2, -0.15) is 0 Å². The highest BCUT2D eigenvalue weighted by molar-refractivity contribution is 5.64. The van der Waals surface area contributed by atoms with E-state index in [1.165, 1.54) is 24.3 Å². The fourth-order valence-corrected chi connectivity index (χ4v) is 1.42. The monoisotopic (exact) mass is 226 g/mol. The number of hydrogen-bond donors (Lipinski definition) is 0. The molecule has 0 N–H and O–H groups in total. The predicted octanol–water partition coefficient (Wildman–Crippen LogP) is 3.91. The smallest absolute Gasteiger partial charge is 0.166 e. The fraction of sp³-hybridized carbons (Fsp3) is 0. The van der Waals surface area contributed by atoms with Crippen molar-refractivity contribution in [2.75, 3.05) is 0 Å². The third-order valence-corrected chi connectivity index (χ3v) is 2.19. The zero-order valence-electron chi connectivity index (χ0n) is 7.98. The van der Waals surface area contributed by atoms with Crippen LogP contribution in [0.3, 0.4) is 0 Å². The molecule has 2 aromatic carbocycles. The van der Waals surface area contributed by atoms with Crippen LogP contribution in [0.25, 0.3) is 11.1 Å². The first-order valence-corrected chi connectivity index (χ1v) is 4.49. The number of halogens is 4. The van der Waals surface area contributed by atoms with Gasteiger partial charge in [-0.05, 0) is 12.1 Å². The zero-order valence-corrected chi connectivity index (χ0v) is 7.98. The second-order valence-electron chi connectivity index (χ2n) is 3.20. The molecule has 0 heterocycles. The van der Waals surface area contributed by atoms with Crippen LogP contribution in [0.1, 0.15) is 0 Å². The normalized spacial score (nSPS) is 10.5. The average Bonchev–Trinajstić information content (AvgIpc) is 2.27. The van der Waals surface area contributed by atoms with Crippen molar-refractivity contribution in [1.29, 1.82) is 0 Å². The molecule has 0 aliphatic carbocycles. The molecule has 0 fully saturated rings. The Morgan fingerprint density at radius 1 is 0.562 bits per heavy atom. The lowest BCUT2D eigenvalue weighted by molar-refractivity contribution is 0.501. The molecule has 0 aliphatic heterocycles. The Hall–Kier alpha value is -1.84. The van der Waals surface area contributed by atoms with Crippen LogP contribution in [-0.4, -0.2) is 0 Å². The highest BCUT2D eigenvalue weighted by atomic mass is 19.2. The van der Waals surface area contributed by atoms with Crippen LogP contribution in [0.2, 0.25) is 0 Å². The van der Waals surface area contributed by atoms with Crippen LogP contribution < -0.4 is 0 Å². The Morgan fingerprint density at radius 3 is 1.31 bits per heavy atom. The second kappa shape index (κ2) is 3.96. The van der Waals surface area contributed by atoms with Crippen molar-refractivity contribution in [3.8, 4) is 11.1 Å². The maximum Gasteiger partial charge on any atom is 0.166 e. The number of benzene rings is 2. The van der Waals surface area contributed by atoms with E-state index in [0.29, 0.717) is 0 Å². The van der Waals surface area contributed by atoms with Gasteiger partial charge in [-0.15, -0.1) is 0 Å². The Labute approximate surface area is 89.2 Å². The van der Waals surface area contributed by atoms with E-state index in [1.54, 1.807) is 0 Å². The van der Waals surface area contributed by atoms with Crippen LogP contribution in [0, 0.1) is 23.3 Å². The summed E-state index contributed by atoms with van der Waals surface area (Å²) < 4.78 is 52.5. The number of hydrogen-bond acceptors (Lipinski definition) is 0. The summed E-state index contributed by atoms with van der Waals surface area (Å²) in [7, 11) is 0. The van der Waals surface area contributed by atoms with Crippen LogP contribution in [-0.2, 0) is 0 Å². The van der Waals surface area contributed by atoms with Gasteiger partial charge in [0.2, 0.25) is 0 Å². The van der Waals surface area contributed by atoms with Crippen LogP contribution in [0.4, 0.5) is 17.6 Å². The van der Waals surface area contributed by atoms with Crippen LogP contribution in [0.5, 0.6) is 0 Å². The molecule has 0 saturated heterocycles. The minimum atomic E-state index is -1.19. The molecular weight excluding hydrogens is 220 g/mol. The Morgan fingerprint density at radius 2 is 0.938 bits per heavy atom. The predicted molar refractivity (Wildman–Crippen MR) is 51.7 cm³/mol. The van der Waals surface area contributed by atoms with Crippen molar-refractivity contribution in [1.82, 2.24) is 0 Å². The van der Waals surface area contributed by atoms with E-state index >= 15 is 0 Å².